The molecule has 0 unspecified atom stereocenters. The Labute approximate surface area is 161 Å². The topological polar surface area (TPSA) is 81.7 Å². The van der Waals surface area contributed by atoms with Crippen LogP contribution < -0.4 is 5.32 Å². The Hall–Kier alpha value is -2.93. The lowest BCUT2D eigenvalue weighted by Gasteiger charge is -2.09. The second-order valence-electron chi connectivity index (χ2n) is 5.99. The summed E-state index contributed by atoms with van der Waals surface area (Å²) in [6, 6.07) is 8.22. The van der Waals surface area contributed by atoms with E-state index < -0.39 is 24.5 Å². The maximum Gasteiger partial charge on any atom is 0.338 e. The molecule has 0 spiro atoms. The van der Waals surface area contributed by atoms with Crippen LogP contribution in [0.5, 0.6) is 0 Å². The van der Waals surface area contributed by atoms with E-state index in [1.54, 1.807) is 44.2 Å². The van der Waals surface area contributed by atoms with Gasteiger partial charge < -0.3 is 14.8 Å². The number of benzene rings is 1. The van der Waals surface area contributed by atoms with Crippen molar-refractivity contribution in [3.8, 4) is 0 Å². The lowest BCUT2D eigenvalue weighted by Crippen LogP contribution is -2.20. The third-order valence-electron chi connectivity index (χ3n) is 3.37. The molecule has 0 atom stereocenters. The second-order valence-corrected chi connectivity index (χ2v) is 6.94. The minimum atomic E-state index is -0.593. The molecule has 27 heavy (non-hydrogen) atoms. The van der Waals surface area contributed by atoms with Crippen LogP contribution >= 0.6 is 11.3 Å². The van der Waals surface area contributed by atoms with E-state index >= 15 is 0 Å². The van der Waals surface area contributed by atoms with Crippen LogP contribution in [0.2, 0.25) is 0 Å². The monoisotopic (exact) mass is 387 g/mol. The summed E-state index contributed by atoms with van der Waals surface area (Å²) in [5, 5.41) is 4.52. The van der Waals surface area contributed by atoms with Gasteiger partial charge in [-0.2, -0.15) is 0 Å². The van der Waals surface area contributed by atoms with Crippen molar-refractivity contribution in [1.29, 1.82) is 0 Å². The van der Waals surface area contributed by atoms with Crippen molar-refractivity contribution in [3.05, 3.63) is 57.8 Å². The third-order valence-corrected chi connectivity index (χ3v) is 4.35. The molecular weight excluding hydrogens is 366 g/mol. The third kappa shape index (κ3) is 6.71. The van der Waals surface area contributed by atoms with Gasteiger partial charge in [-0.15, -0.1) is 11.3 Å². The van der Waals surface area contributed by atoms with Gasteiger partial charge >= 0.3 is 11.9 Å². The van der Waals surface area contributed by atoms with Crippen LogP contribution in [0, 0.1) is 6.92 Å². The standard InChI is InChI=1S/C20H21NO5S/c1-13(2)26-20(24)15-4-6-16(7-5-15)21-18(22)12-25-19(23)9-8-17-14(3)10-11-27-17/h4-11,13H,12H2,1-3H3,(H,21,22)/b9-8+. The van der Waals surface area contributed by atoms with E-state index in [9.17, 15) is 14.4 Å². The molecule has 1 aromatic heterocycles. The van der Waals surface area contributed by atoms with Crippen LogP contribution in [0.15, 0.2) is 41.8 Å². The van der Waals surface area contributed by atoms with E-state index in [0.717, 1.165) is 10.4 Å². The first kappa shape index (κ1) is 20.4. The van der Waals surface area contributed by atoms with Gasteiger partial charge in [-0.25, -0.2) is 9.59 Å². The lowest BCUT2D eigenvalue weighted by molar-refractivity contribution is -0.142. The molecule has 0 saturated heterocycles. The van der Waals surface area contributed by atoms with Crippen molar-refractivity contribution in [2.75, 3.05) is 11.9 Å². The number of carbonyl (C=O) groups is 3. The Morgan fingerprint density at radius 2 is 1.85 bits per heavy atom. The maximum atomic E-state index is 11.9. The zero-order valence-corrected chi connectivity index (χ0v) is 16.2. The first-order valence-corrected chi connectivity index (χ1v) is 9.23. The molecule has 2 rings (SSSR count). The van der Waals surface area contributed by atoms with E-state index in [-0.39, 0.29) is 6.10 Å². The summed E-state index contributed by atoms with van der Waals surface area (Å²) >= 11 is 1.52. The fraction of sp³-hybridized carbons (Fsp3) is 0.250. The van der Waals surface area contributed by atoms with Crippen LogP contribution in [-0.4, -0.2) is 30.6 Å². The molecule has 1 amide bonds. The first-order chi connectivity index (χ1) is 12.8. The summed E-state index contributed by atoms with van der Waals surface area (Å²) < 4.78 is 10.0. The molecule has 2 aromatic rings. The number of carbonyl (C=O) groups excluding carboxylic acids is 3. The SMILES string of the molecule is Cc1ccsc1/C=C/C(=O)OCC(=O)Nc1ccc(C(=O)OC(C)C)cc1. The van der Waals surface area contributed by atoms with Crippen LogP contribution in [-0.2, 0) is 19.1 Å². The zero-order valence-electron chi connectivity index (χ0n) is 15.4. The fourth-order valence-corrected chi connectivity index (χ4v) is 2.87. The van der Waals surface area contributed by atoms with Crippen LogP contribution in [0.1, 0.15) is 34.6 Å². The minimum Gasteiger partial charge on any atom is -0.459 e. The highest BCUT2D eigenvalue weighted by atomic mass is 32.1. The van der Waals surface area contributed by atoms with Crippen molar-refractivity contribution in [3.63, 3.8) is 0 Å². The number of hydrogen-bond donors (Lipinski definition) is 1. The molecule has 1 heterocycles. The van der Waals surface area contributed by atoms with Crippen molar-refractivity contribution in [2.45, 2.75) is 26.9 Å². The Bertz CT molecular complexity index is 836. The van der Waals surface area contributed by atoms with Crippen molar-refractivity contribution in [1.82, 2.24) is 0 Å². The number of aryl methyl sites for hydroxylation is 1. The van der Waals surface area contributed by atoms with Gasteiger partial charge in [0.05, 0.1) is 11.7 Å². The number of thiophene rings is 1. The molecule has 0 aliphatic carbocycles. The van der Waals surface area contributed by atoms with Crippen molar-refractivity contribution < 1.29 is 23.9 Å². The van der Waals surface area contributed by atoms with Crippen molar-refractivity contribution >= 4 is 40.9 Å². The Kier molecular flexibility index (Phi) is 7.31. The number of ether oxygens (including phenoxy) is 2. The normalized spacial score (nSPS) is 10.8. The van der Waals surface area contributed by atoms with E-state index in [2.05, 4.69) is 5.32 Å². The molecule has 1 aromatic carbocycles. The largest absolute Gasteiger partial charge is 0.459 e. The maximum absolute atomic E-state index is 11.9. The predicted octanol–water partition coefficient (Wildman–Crippen LogP) is 3.82. The van der Waals surface area contributed by atoms with Crippen molar-refractivity contribution in [2.24, 2.45) is 0 Å². The smallest absolute Gasteiger partial charge is 0.338 e. The van der Waals surface area contributed by atoms with Gasteiger partial charge in [-0.3, -0.25) is 4.79 Å². The average Bonchev–Trinajstić information content (AvgIpc) is 3.03. The van der Waals surface area contributed by atoms with Gasteiger partial charge in [0.15, 0.2) is 6.61 Å². The van der Waals surface area contributed by atoms with Gasteiger partial charge in [0, 0.05) is 16.6 Å². The summed E-state index contributed by atoms with van der Waals surface area (Å²) in [5.74, 6) is -1.49. The molecule has 142 valence electrons. The highest BCUT2D eigenvalue weighted by molar-refractivity contribution is 7.11. The quantitative estimate of drug-likeness (QED) is 0.577. The highest BCUT2D eigenvalue weighted by Gasteiger charge is 2.10. The van der Waals surface area contributed by atoms with E-state index in [4.69, 9.17) is 9.47 Å². The lowest BCUT2D eigenvalue weighted by atomic mass is 10.2. The zero-order chi connectivity index (χ0) is 19.8. The molecule has 6 nitrogen and oxygen atoms in total. The Morgan fingerprint density at radius 3 is 2.44 bits per heavy atom. The molecule has 0 fully saturated rings. The number of nitrogens with one attached hydrogen (secondary N) is 1. The van der Waals surface area contributed by atoms with Gasteiger partial charge in [-0.1, -0.05) is 0 Å². The molecule has 0 aliphatic heterocycles. The van der Waals surface area contributed by atoms with Gasteiger partial charge in [0.2, 0.25) is 0 Å². The Morgan fingerprint density at radius 1 is 1.15 bits per heavy atom. The van der Waals surface area contributed by atoms with Gasteiger partial charge in [0.25, 0.3) is 5.91 Å². The first-order valence-electron chi connectivity index (χ1n) is 8.35. The van der Waals surface area contributed by atoms with Crippen LogP contribution in [0.4, 0.5) is 5.69 Å². The summed E-state index contributed by atoms with van der Waals surface area (Å²) in [6.07, 6.45) is 2.75. The molecular formula is C20H21NO5S. The summed E-state index contributed by atoms with van der Waals surface area (Å²) in [7, 11) is 0. The van der Waals surface area contributed by atoms with E-state index in [1.807, 2.05) is 18.4 Å². The van der Waals surface area contributed by atoms with Crippen LogP contribution in [0.25, 0.3) is 6.08 Å². The molecule has 0 saturated carbocycles. The minimum absolute atomic E-state index is 0.204. The molecule has 0 radical (unpaired) electrons. The number of rotatable bonds is 7. The number of anilines is 1. The average molecular weight is 387 g/mol. The molecule has 7 heteroatoms. The van der Waals surface area contributed by atoms with Gasteiger partial charge in [-0.05, 0) is 68.1 Å². The Balaban J connectivity index is 1.80. The van der Waals surface area contributed by atoms with E-state index in [1.165, 1.54) is 17.4 Å². The van der Waals surface area contributed by atoms with Gasteiger partial charge in [0.1, 0.15) is 0 Å². The number of esters is 2. The van der Waals surface area contributed by atoms with E-state index in [0.29, 0.717) is 11.3 Å². The summed E-state index contributed by atoms with van der Waals surface area (Å²) in [4.78, 5) is 36.3. The fourth-order valence-electron chi connectivity index (χ4n) is 2.05. The number of hydrogen-bond acceptors (Lipinski definition) is 6. The molecule has 0 aliphatic rings. The molecule has 0 bridgehead atoms. The number of amides is 1. The summed E-state index contributed by atoms with van der Waals surface area (Å²) in [5.41, 5.74) is 1.95. The second kappa shape index (κ2) is 9.68. The highest BCUT2D eigenvalue weighted by Crippen LogP contribution is 2.17. The molecule has 1 N–H and O–H groups in total. The summed E-state index contributed by atoms with van der Waals surface area (Å²) in [6.45, 7) is 5.08. The van der Waals surface area contributed by atoms with Crippen LogP contribution in [0.3, 0.4) is 0 Å². The predicted molar refractivity (Wildman–Crippen MR) is 105 cm³/mol.